The predicted octanol–water partition coefficient (Wildman–Crippen LogP) is 0.690. The van der Waals surface area contributed by atoms with E-state index in [-0.39, 0.29) is 12.0 Å². The molecule has 15 heavy (non-hydrogen) atoms. The maximum atomic E-state index is 10.1. The van der Waals surface area contributed by atoms with Crippen LogP contribution in [0.5, 0.6) is 0 Å². The van der Waals surface area contributed by atoms with Gasteiger partial charge in [-0.25, -0.2) is 0 Å². The van der Waals surface area contributed by atoms with E-state index in [2.05, 4.69) is 5.32 Å². The number of aliphatic hydroxyl groups is 2. The summed E-state index contributed by atoms with van der Waals surface area (Å²) in [6.45, 7) is 1.41. The molecule has 0 spiro atoms. The molecule has 3 atom stereocenters. The van der Waals surface area contributed by atoms with Crippen LogP contribution in [0.4, 0.5) is 0 Å². The van der Waals surface area contributed by atoms with E-state index in [0.29, 0.717) is 13.0 Å². The number of hydrogen-bond donors (Lipinski definition) is 3. The van der Waals surface area contributed by atoms with Crippen LogP contribution >= 0.6 is 0 Å². The topological polar surface area (TPSA) is 52.5 Å². The summed E-state index contributed by atoms with van der Waals surface area (Å²) in [5.74, 6) is 0.108. The number of β-amino-alcohol motifs (C(OH)–C–C–N with tert-alkyl or cyclic N) is 1. The Morgan fingerprint density at radius 2 is 1.93 bits per heavy atom. The molecule has 3 N–H and O–H groups in total. The first-order valence-corrected chi connectivity index (χ1v) is 5.39. The largest absolute Gasteiger partial charge is 0.392 e. The molecule has 0 bridgehead atoms. The maximum Gasteiger partial charge on any atom is 0.0831 e. The van der Waals surface area contributed by atoms with Crippen molar-refractivity contribution in [3.63, 3.8) is 0 Å². The molecule has 82 valence electrons. The number of aliphatic hydroxyl groups excluding tert-OH is 2. The van der Waals surface area contributed by atoms with Gasteiger partial charge in [-0.15, -0.1) is 0 Å². The van der Waals surface area contributed by atoms with E-state index in [1.165, 1.54) is 0 Å². The van der Waals surface area contributed by atoms with Gasteiger partial charge in [-0.1, -0.05) is 30.3 Å². The molecular weight excluding hydrogens is 190 g/mol. The molecule has 0 aromatic heterocycles. The minimum absolute atomic E-state index is 0.108. The molecule has 0 saturated carbocycles. The van der Waals surface area contributed by atoms with Gasteiger partial charge in [0.2, 0.25) is 0 Å². The van der Waals surface area contributed by atoms with Crippen LogP contribution in [0.3, 0.4) is 0 Å². The van der Waals surface area contributed by atoms with Crippen molar-refractivity contribution in [1.29, 1.82) is 0 Å². The number of piperidine rings is 1. The zero-order valence-corrected chi connectivity index (χ0v) is 8.63. The lowest BCUT2D eigenvalue weighted by molar-refractivity contribution is 0.0392. The smallest absolute Gasteiger partial charge is 0.0831 e. The zero-order valence-electron chi connectivity index (χ0n) is 8.63. The summed E-state index contributed by atoms with van der Waals surface area (Å²) in [5, 5.41) is 22.7. The normalized spacial score (nSPS) is 28.7. The molecule has 3 unspecified atom stereocenters. The van der Waals surface area contributed by atoms with Gasteiger partial charge in [0.25, 0.3) is 0 Å². The first-order valence-electron chi connectivity index (χ1n) is 5.39. The Morgan fingerprint density at radius 3 is 2.60 bits per heavy atom. The molecule has 0 radical (unpaired) electrons. The van der Waals surface area contributed by atoms with E-state index in [4.69, 9.17) is 0 Å². The summed E-state index contributed by atoms with van der Waals surface area (Å²) in [4.78, 5) is 0. The van der Waals surface area contributed by atoms with Crippen molar-refractivity contribution < 1.29 is 10.2 Å². The third kappa shape index (κ3) is 2.56. The average molecular weight is 207 g/mol. The summed E-state index contributed by atoms with van der Waals surface area (Å²) in [7, 11) is 0. The van der Waals surface area contributed by atoms with Crippen molar-refractivity contribution in [1.82, 2.24) is 5.32 Å². The fourth-order valence-corrected chi connectivity index (χ4v) is 2.11. The summed E-state index contributed by atoms with van der Waals surface area (Å²) >= 11 is 0. The van der Waals surface area contributed by atoms with Gasteiger partial charge in [0.1, 0.15) is 0 Å². The molecule has 1 heterocycles. The molecule has 1 aromatic carbocycles. The Hall–Kier alpha value is -0.900. The summed E-state index contributed by atoms with van der Waals surface area (Å²) < 4.78 is 0. The van der Waals surface area contributed by atoms with Gasteiger partial charge in [0, 0.05) is 19.0 Å². The summed E-state index contributed by atoms with van der Waals surface area (Å²) in [5.41, 5.74) is 0.929. The summed E-state index contributed by atoms with van der Waals surface area (Å²) in [6, 6.07) is 9.62. The number of benzene rings is 1. The molecule has 1 aliphatic heterocycles. The van der Waals surface area contributed by atoms with Crippen LogP contribution in [0.25, 0.3) is 0 Å². The highest BCUT2D eigenvalue weighted by Gasteiger charge is 2.26. The van der Waals surface area contributed by atoms with E-state index in [1.54, 1.807) is 0 Å². The summed E-state index contributed by atoms with van der Waals surface area (Å²) in [6.07, 6.45) is -0.140. The molecule has 0 aliphatic carbocycles. The molecule has 3 nitrogen and oxygen atoms in total. The Bertz CT molecular complexity index is 302. The lowest BCUT2D eigenvalue weighted by Crippen LogP contribution is -2.41. The van der Waals surface area contributed by atoms with Crippen molar-refractivity contribution in [2.24, 2.45) is 5.92 Å². The second kappa shape index (κ2) is 4.75. The highest BCUT2D eigenvalue weighted by Crippen LogP contribution is 2.26. The van der Waals surface area contributed by atoms with Crippen LogP contribution in [-0.2, 0) is 0 Å². The monoisotopic (exact) mass is 207 g/mol. The van der Waals surface area contributed by atoms with Gasteiger partial charge in [-0.2, -0.15) is 0 Å². The van der Waals surface area contributed by atoms with E-state index >= 15 is 0 Å². The molecule has 1 fully saturated rings. The van der Waals surface area contributed by atoms with E-state index in [0.717, 1.165) is 12.1 Å². The number of hydrogen-bond acceptors (Lipinski definition) is 3. The van der Waals surface area contributed by atoms with Crippen molar-refractivity contribution >= 4 is 0 Å². The van der Waals surface area contributed by atoms with E-state index in [1.807, 2.05) is 30.3 Å². The first kappa shape index (κ1) is 10.6. The van der Waals surface area contributed by atoms with Gasteiger partial charge in [-0.05, 0) is 12.0 Å². The molecular formula is C12H17NO2. The van der Waals surface area contributed by atoms with Crippen LogP contribution in [0.1, 0.15) is 18.1 Å². The third-order valence-electron chi connectivity index (χ3n) is 2.95. The Balaban J connectivity index is 2.04. The molecule has 3 heteroatoms. The van der Waals surface area contributed by atoms with Gasteiger partial charge in [0.05, 0.1) is 12.2 Å². The Labute approximate surface area is 89.8 Å². The van der Waals surface area contributed by atoms with Crippen molar-refractivity contribution in [3.05, 3.63) is 35.9 Å². The maximum absolute atomic E-state index is 10.1. The van der Waals surface area contributed by atoms with E-state index < -0.39 is 6.10 Å². The van der Waals surface area contributed by atoms with Crippen molar-refractivity contribution in [3.8, 4) is 0 Å². The standard InChI is InChI=1S/C12H17NO2/c14-11-6-10(7-13-8-11)12(15)9-4-2-1-3-5-9/h1-5,10-15H,6-8H2. The zero-order chi connectivity index (χ0) is 10.7. The van der Waals surface area contributed by atoms with Crippen LogP contribution in [0.15, 0.2) is 30.3 Å². The number of nitrogens with one attached hydrogen (secondary N) is 1. The van der Waals surface area contributed by atoms with Gasteiger partial charge < -0.3 is 15.5 Å². The van der Waals surface area contributed by atoms with Gasteiger partial charge in [0.15, 0.2) is 0 Å². The molecule has 0 amide bonds. The second-order valence-corrected chi connectivity index (χ2v) is 4.16. The van der Waals surface area contributed by atoms with Crippen LogP contribution in [-0.4, -0.2) is 29.4 Å². The fourth-order valence-electron chi connectivity index (χ4n) is 2.11. The molecule has 1 aliphatic rings. The van der Waals surface area contributed by atoms with E-state index in [9.17, 15) is 10.2 Å². The quantitative estimate of drug-likeness (QED) is 0.669. The Kier molecular flexibility index (Phi) is 3.36. The van der Waals surface area contributed by atoms with Crippen LogP contribution in [0, 0.1) is 5.92 Å². The lowest BCUT2D eigenvalue weighted by Gasteiger charge is -2.30. The minimum atomic E-state index is -0.478. The molecule has 2 rings (SSSR count). The third-order valence-corrected chi connectivity index (χ3v) is 2.95. The average Bonchev–Trinajstić information content (AvgIpc) is 2.29. The van der Waals surface area contributed by atoms with Crippen LogP contribution in [0.2, 0.25) is 0 Å². The second-order valence-electron chi connectivity index (χ2n) is 4.16. The van der Waals surface area contributed by atoms with Crippen LogP contribution < -0.4 is 5.32 Å². The fraction of sp³-hybridized carbons (Fsp3) is 0.500. The lowest BCUT2D eigenvalue weighted by atomic mass is 9.88. The van der Waals surface area contributed by atoms with Gasteiger partial charge in [-0.3, -0.25) is 0 Å². The number of rotatable bonds is 2. The Morgan fingerprint density at radius 1 is 1.20 bits per heavy atom. The molecule has 1 saturated heterocycles. The van der Waals surface area contributed by atoms with Crippen molar-refractivity contribution in [2.75, 3.05) is 13.1 Å². The van der Waals surface area contributed by atoms with Gasteiger partial charge >= 0.3 is 0 Å². The minimum Gasteiger partial charge on any atom is -0.392 e. The first-order chi connectivity index (χ1) is 7.27. The van der Waals surface area contributed by atoms with Crippen molar-refractivity contribution in [2.45, 2.75) is 18.6 Å². The highest BCUT2D eigenvalue weighted by atomic mass is 16.3. The highest BCUT2D eigenvalue weighted by molar-refractivity contribution is 5.18. The predicted molar refractivity (Wildman–Crippen MR) is 58.4 cm³/mol. The SMILES string of the molecule is OC1CNCC(C(O)c2ccccc2)C1. The molecule has 1 aromatic rings.